The van der Waals surface area contributed by atoms with Crippen LogP contribution in [0.1, 0.15) is 17.2 Å². The summed E-state index contributed by atoms with van der Waals surface area (Å²) in [5, 5.41) is 4.23. The Morgan fingerprint density at radius 2 is 1.39 bits per heavy atom. The third-order valence-electron chi connectivity index (χ3n) is 5.83. The van der Waals surface area contributed by atoms with Crippen molar-refractivity contribution in [2.45, 2.75) is 19.9 Å². The van der Waals surface area contributed by atoms with Crippen LogP contribution in [0.15, 0.2) is 121 Å². The number of rotatable bonds is 5. The van der Waals surface area contributed by atoms with Crippen LogP contribution in [0.5, 0.6) is 0 Å². The van der Waals surface area contributed by atoms with E-state index in [0.29, 0.717) is 0 Å². The molecule has 0 saturated heterocycles. The Bertz CT molecular complexity index is 1190. The number of benzene rings is 3. The molecule has 0 bridgehead atoms. The number of para-hydroxylation sites is 1. The van der Waals surface area contributed by atoms with Crippen LogP contribution in [-0.4, -0.2) is 4.57 Å². The van der Waals surface area contributed by atoms with E-state index in [4.69, 9.17) is 0 Å². The second-order valence-corrected chi connectivity index (χ2v) is 10.2. The second kappa shape index (κ2) is 8.49. The molecule has 31 heavy (non-hydrogen) atoms. The Kier molecular flexibility index (Phi) is 5.40. The summed E-state index contributed by atoms with van der Waals surface area (Å²) < 4.78 is 4.59. The molecule has 2 nitrogen and oxygen atoms in total. The first-order chi connectivity index (χ1) is 15.2. The van der Waals surface area contributed by atoms with E-state index in [1.807, 2.05) is 0 Å². The van der Waals surface area contributed by atoms with Gasteiger partial charge in [-0.3, -0.25) is 0 Å². The number of nitrogens with zero attached hydrogens (tertiary/aromatic N) is 2. The van der Waals surface area contributed by atoms with Gasteiger partial charge in [0.2, 0.25) is 6.33 Å². The highest BCUT2D eigenvalue weighted by Gasteiger charge is 2.30. The highest BCUT2D eigenvalue weighted by atomic mass is 31.1. The van der Waals surface area contributed by atoms with E-state index >= 15 is 0 Å². The van der Waals surface area contributed by atoms with Crippen LogP contribution in [0.4, 0.5) is 0 Å². The number of imidazole rings is 1. The zero-order valence-corrected chi connectivity index (χ0v) is 18.8. The maximum Gasteiger partial charge on any atom is 0.249 e. The minimum Gasteiger partial charge on any atom is -0.226 e. The van der Waals surface area contributed by atoms with E-state index in [1.165, 1.54) is 32.7 Å². The molecule has 1 aliphatic carbocycles. The smallest absolute Gasteiger partial charge is 0.226 e. The SMILES string of the molecule is Cc1cccc(C)c1-n1cc[n+](C2C=CC=C2P(c2ccccc2)c2ccccc2)c1. The van der Waals surface area contributed by atoms with E-state index in [2.05, 4.69) is 139 Å². The molecule has 1 atom stereocenters. The average Bonchev–Trinajstić information content (AvgIpc) is 3.45. The monoisotopic (exact) mass is 421 g/mol. The molecule has 3 aromatic carbocycles. The standard InChI is InChI=1S/C28H26N2P/c1-22-11-9-12-23(2)28(22)30-20-19-29(21-30)26-17-10-18-27(26)31(24-13-5-3-6-14-24)25-15-7-4-8-16-25/h3-21,26H,1-2H3/q+1. The van der Waals surface area contributed by atoms with Crippen LogP contribution in [0.25, 0.3) is 5.69 Å². The molecule has 0 amide bonds. The summed E-state index contributed by atoms with van der Waals surface area (Å²) in [4.78, 5) is 0. The molecule has 1 aromatic heterocycles. The predicted octanol–water partition coefficient (Wildman–Crippen LogP) is 5.51. The van der Waals surface area contributed by atoms with Crippen LogP contribution in [-0.2, 0) is 0 Å². The third kappa shape index (κ3) is 3.80. The average molecular weight is 422 g/mol. The molecule has 0 spiro atoms. The summed E-state index contributed by atoms with van der Waals surface area (Å²) in [6.45, 7) is 4.36. The second-order valence-electron chi connectivity index (χ2n) is 7.94. The lowest BCUT2D eigenvalue weighted by Gasteiger charge is -2.23. The Hall–Kier alpha value is -3.22. The van der Waals surface area contributed by atoms with Crippen molar-refractivity contribution in [2.75, 3.05) is 0 Å². The predicted molar refractivity (Wildman–Crippen MR) is 131 cm³/mol. The fourth-order valence-corrected chi connectivity index (χ4v) is 6.95. The highest BCUT2D eigenvalue weighted by molar-refractivity contribution is 7.76. The van der Waals surface area contributed by atoms with Crippen molar-refractivity contribution in [3.63, 3.8) is 0 Å². The van der Waals surface area contributed by atoms with Crippen LogP contribution in [0.3, 0.4) is 0 Å². The lowest BCUT2D eigenvalue weighted by atomic mass is 10.1. The Balaban J connectivity index is 1.55. The molecule has 0 fully saturated rings. The van der Waals surface area contributed by atoms with Gasteiger partial charge in [0.15, 0.2) is 0 Å². The van der Waals surface area contributed by atoms with Crippen molar-refractivity contribution in [1.29, 1.82) is 0 Å². The van der Waals surface area contributed by atoms with Crippen LogP contribution < -0.4 is 15.2 Å². The lowest BCUT2D eigenvalue weighted by molar-refractivity contribution is -0.701. The van der Waals surface area contributed by atoms with Gasteiger partial charge in [0.05, 0.1) is 0 Å². The van der Waals surface area contributed by atoms with E-state index in [-0.39, 0.29) is 6.04 Å². The fourth-order valence-electron chi connectivity index (χ4n) is 4.40. The Labute approximate surface area is 185 Å². The number of hydrogen-bond donors (Lipinski definition) is 0. The third-order valence-corrected chi connectivity index (χ3v) is 8.39. The van der Waals surface area contributed by atoms with Gasteiger partial charge in [-0.25, -0.2) is 9.13 Å². The molecule has 0 N–H and O–H groups in total. The van der Waals surface area contributed by atoms with Gasteiger partial charge in [-0.15, -0.1) is 0 Å². The van der Waals surface area contributed by atoms with Gasteiger partial charge in [-0.1, -0.05) is 91.0 Å². The molecule has 3 heteroatoms. The van der Waals surface area contributed by atoms with Gasteiger partial charge in [0.25, 0.3) is 0 Å². The van der Waals surface area contributed by atoms with Gasteiger partial charge in [-0.2, -0.15) is 0 Å². The van der Waals surface area contributed by atoms with Crippen molar-refractivity contribution in [2.24, 2.45) is 0 Å². The zero-order valence-electron chi connectivity index (χ0n) is 17.9. The summed E-state index contributed by atoms with van der Waals surface area (Å²) in [7, 11) is -0.604. The van der Waals surface area contributed by atoms with Crippen LogP contribution in [0.2, 0.25) is 0 Å². The Morgan fingerprint density at radius 3 is 2.00 bits per heavy atom. The van der Waals surface area contributed by atoms with E-state index in [9.17, 15) is 0 Å². The maximum atomic E-state index is 2.34. The summed E-state index contributed by atoms with van der Waals surface area (Å²) in [5.74, 6) is 0. The zero-order chi connectivity index (χ0) is 21.2. The molecule has 0 aliphatic heterocycles. The van der Waals surface area contributed by atoms with Crippen molar-refractivity contribution in [3.8, 4) is 5.69 Å². The quantitative estimate of drug-likeness (QED) is 0.297. The minimum atomic E-state index is -0.604. The first-order valence-corrected chi connectivity index (χ1v) is 12.0. The minimum absolute atomic E-state index is 0.220. The molecular formula is C28H26N2P+. The number of allylic oxidation sites excluding steroid dienone is 4. The van der Waals surface area contributed by atoms with E-state index in [1.54, 1.807) is 0 Å². The highest BCUT2D eigenvalue weighted by Crippen LogP contribution is 2.49. The van der Waals surface area contributed by atoms with Crippen LogP contribution in [0, 0.1) is 13.8 Å². The number of hydrogen-bond acceptors (Lipinski definition) is 0. The number of aryl methyl sites for hydroxylation is 2. The normalized spacial score (nSPS) is 15.5. The molecule has 1 aliphatic rings. The van der Waals surface area contributed by atoms with E-state index < -0.39 is 7.92 Å². The van der Waals surface area contributed by atoms with Gasteiger partial charge in [0, 0.05) is 5.31 Å². The van der Waals surface area contributed by atoms with Crippen molar-refractivity contribution in [1.82, 2.24) is 4.57 Å². The number of aromatic nitrogens is 2. The summed E-state index contributed by atoms with van der Waals surface area (Å²) >= 11 is 0. The Morgan fingerprint density at radius 1 is 0.774 bits per heavy atom. The molecule has 152 valence electrons. The first kappa shape index (κ1) is 19.7. The van der Waals surface area contributed by atoms with Gasteiger partial charge in [0.1, 0.15) is 24.1 Å². The molecule has 1 unspecified atom stereocenters. The molecule has 1 heterocycles. The van der Waals surface area contributed by atoms with Crippen molar-refractivity contribution >= 4 is 18.5 Å². The molecule has 4 aromatic rings. The molecular weight excluding hydrogens is 395 g/mol. The maximum absolute atomic E-state index is 2.34. The van der Waals surface area contributed by atoms with Crippen LogP contribution >= 0.6 is 7.92 Å². The first-order valence-electron chi connectivity index (χ1n) is 10.7. The van der Waals surface area contributed by atoms with Gasteiger partial charge < -0.3 is 0 Å². The van der Waals surface area contributed by atoms with Crippen molar-refractivity contribution in [3.05, 3.63) is 132 Å². The van der Waals surface area contributed by atoms with Gasteiger partial charge >= 0.3 is 0 Å². The molecule has 0 saturated carbocycles. The fraction of sp³-hybridized carbons (Fsp3) is 0.107. The topological polar surface area (TPSA) is 8.81 Å². The summed E-state index contributed by atoms with van der Waals surface area (Å²) in [5.41, 5.74) is 3.84. The molecule has 0 radical (unpaired) electrons. The summed E-state index contributed by atoms with van der Waals surface area (Å²) in [6.07, 6.45) is 13.4. The lowest BCUT2D eigenvalue weighted by Crippen LogP contribution is -2.37. The van der Waals surface area contributed by atoms with Crippen molar-refractivity contribution < 1.29 is 4.57 Å². The molecule has 5 rings (SSSR count). The summed E-state index contributed by atoms with van der Waals surface area (Å²) in [6, 6.07) is 28.6. The largest absolute Gasteiger partial charge is 0.249 e. The van der Waals surface area contributed by atoms with Gasteiger partial charge in [-0.05, 0) is 49.6 Å². The van der Waals surface area contributed by atoms with E-state index in [0.717, 1.165) is 0 Å².